The second-order valence-corrected chi connectivity index (χ2v) is 4.52. The molecule has 1 N–H and O–H groups in total. The van der Waals surface area contributed by atoms with Gasteiger partial charge in [0.1, 0.15) is 5.76 Å². The number of furan rings is 1. The quantitative estimate of drug-likeness (QED) is 0.817. The normalized spacial score (nSPS) is 21.4. The van der Waals surface area contributed by atoms with E-state index < -0.39 is 0 Å². The Morgan fingerprint density at radius 3 is 3.07 bits per heavy atom. The van der Waals surface area contributed by atoms with Gasteiger partial charge in [-0.05, 0) is 45.0 Å². The summed E-state index contributed by atoms with van der Waals surface area (Å²) in [5.74, 6) is 1.09. The van der Waals surface area contributed by atoms with E-state index in [-0.39, 0.29) is 0 Å². The second-order valence-electron chi connectivity index (χ2n) is 4.52. The topological polar surface area (TPSA) is 28.4 Å². The van der Waals surface area contributed by atoms with Crippen LogP contribution in [-0.4, -0.2) is 31.1 Å². The first-order chi connectivity index (χ1) is 7.25. The maximum Gasteiger partial charge on any atom is 0.120 e. The van der Waals surface area contributed by atoms with E-state index in [1.165, 1.54) is 24.9 Å². The van der Waals surface area contributed by atoms with Crippen LogP contribution in [-0.2, 0) is 6.54 Å². The highest BCUT2D eigenvalue weighted by molar-refractivity contribution is 5.14. The second kappa shape index (κ2) is 4.81. The smallest absolute Gasteiger partial charge is 0.120 e. The fourth-order valence-electron chi connectivity index (χ4n) is 2.16. The van der Waals surface area contributed by atoms with Crippen LogP contribution >= 0.6 is 0 Å². The van der Waals surface area contributed by atoms with Gasteiger partial charge in [0.25, 0.3) is 0 Å². The Morgan fingerprint density at radius 2 is 2.47 bits per heavy atom. The molecule has 1 aliphatic heterocycles. The predicted octanol–water partition coefficient (Wildman–Crippen LogP) is 1.77. The zero-order chi connectivity index (χ0) is 10.7. The van der Waals surface area contributed by atoms with Crippen LogP contribution in [0.25, 0.3) is 0 Å². The van der Waals surface area contributed by atoms with Crippen LogP contribution in [0.1, 0.15) is 24.2 Å². The maximum atomic E-state index is 5.44. The van der Waals surface area contributed by atoms with Gasteiger partial charge in [0.2, 0.25) is 0 Å². The summed E-state index contributed by atoms with van der Waals surface area (Å²) in [5, 5.41) is 3.51. The van der Waals surface area contributed by atoms with Crippen molar-refractivity contribution in [2.24, 2.45) is 0 Å². The van der Waals surface area contributed by atoms with Crippen LogP contribution < -0.4 is 5.32 Å². The van der Waals surface area contributed by atoms with Crippen molar-refractivity contribution in [1.29, 1.82) is 0 Å². The molecule has 1 aliphatic rings. The fraction of sp³-hybridized carbons (Fsp3) is 0.667. The average molecular weight is 208 g/mol. The van der Waals surface area contributed by atoms with Crippen LogP contribution in [0.5, 0.6) is 0 Å². The Balaban J connectivity index is 1.81. The number of hydrogen-bond acceptors (Lipinski definition) is 3. The molecule has 0 aliphatic carbocycles. The molecule has 3 heteroatoms. The molecule has 0 saturated carbocycles. The van der Waals surface area contributed by atoms with E-state index in [1.54, 1.807) is 6.26 Å². The lowest BCUT2D eigenvalue weighted by Crippen LogP contribution is -2.34. The molecule has 1 saturated heterocycles. The summed E-state index contributed by atoms with van der Waals surface area (Å²) in [4.78, 5) is 2.33. The molecule has 84 valence electrons. The van der Waals surface area contributed by atoms with Crippen molar-refractivity contribution in [3.8, 4) is 0 Å². The number of aryl methyl sites for hydroxylation is 1. The number of nitrogens with zero attached hydrogens (tertiary/aromatic N) is 1. The van der Waals surface area contributed by atoms with E-state index >= 15 is 0 Å². The highest BCUT2D eigenvalue weighted by atomic mass is 16.3. The van der Waals surface area contributed by atoms with Gasteiger partial charge in [0.15, 0.2) is 0 Å². The summed E-state index contributed by atoms with van der Waals surface area (Å²) in [7, 11) is 2.15. The molecule has 0 spiro atoms. The van der Waals surface area contributed by atoms with Gasteiger partial charge in [-0.3, -0.25) is 4.90 Å². The Hall–Kier alpha value is -0.800. The van der Waals surface area contributed by atoms with Crippen LogP contribution in [0, 0.1) is 6.92 Å². The van der Waals surface area contributed by atoms with E-state index in [0.717, 1.165) is 18.8 Å². The number of likely N-dealkylation sites (N-methyl/N-ethyl adjacent to an activating group) is 1. The van der Waals surface area contributed by atoms with E-state index in [1.807, 2.05) is 6.07 Å². The van der Waals surface area contributed by atoms with Gasteiger partial charge in [0, 0.05) is 12.6 Å². The molecule has 1 aromatic heterocycles. The van der Waals surface area contributed by atoms with Crippen molar-refractivity contribution in [3.05, 3.63) is 23.7 Å². The lowest BCUT2D eigenvalue weighted by Gasteiger charge is -2.20. The van der Waals surface area contributed by atoms with Crippen LogP contribution in [0.3, 0.4) is 0 Å². The summed E-state index contributed by atoms with van der Waals surface area (Å²) in [6.07, 6.45) is 4.39. The van der Waals surface area contributed by atoms with Crippen LogP contribution in [0.2, 0.25) is 0 Å². The van der Waals surface area contributed by atoms with Crippen molar-refractivity contribution in [3.63, 3.8) is 0 Å². The zero-order valence-corrected chi connectivity index (χ0v) is 9.62. The molecule has 1 aromatic rings. The average Bonchev–Trinajstić information content (AvgIpc) is 2.79. The first-order valence-electron chi connectivity index (χ1n) is 5.70. The number of hydrogen-bond donors (Lipinski definition) is 1. The minimum atomic E-state index is 0.672. The van der Waals surface area contributed by atoms with Gasteiger partial charge in [-0.1, -0.05) is 0 Å². The highest BCUT2D eigenvalue weighted by Gasteiger charge is 2.16. The standard InChI is InChI=1S/C12H20N2O/c1-10-5-7-15-12(10)9-14(2)8-11-4-3-6-13-11/h5,7,11,13H,3-4,6,8-9H2,1-2H3. The third-order valence-corrected chi connectivity index (χ3v) is 3.08. The van der Waals surface area contributed by atoms with Gasteiger partial charge < -0.3 is 9.73 Å². The number of rotatable bonds is 4. The van der Waals surface area contributed by atoms with Gasteiger partial charge >= 0.3 is 0 Å². The molecule has 1 atom stereocenters. The Bertz CT molecular complexity index is 302. The van der Waals surface area contributed by atoms with Gasteiger partial charge in [-0.25, -0.2) is 0 Å². The SMILES string of the molecule is Cc1ccoc1CN(C)CC1CCCN1. The first-order valence-corrected chi connectivity index (χ1v) is 5.70. The Morgan fingerprint density at radius 1 is 1.60 bits per heavy atom. The molecule has 2 heterocycles. The molecule has 1 fully saturated rings. The minimum Gasteiger partial charge on any atom is -0.468 e. The molecule has 0 amide bonds. The van der Waals surface area contributed by atoms with Crippen LogP contribution in [0.4, 0.5) is 0 Å². The largest absolute Gasteiger partial charge is 0.468 e. The molecule has 0 radical (unpaired) electrons. The molecule has 1 unspecified atom stereocenters. The Labute approximate surface area is 91.4 Å². The fourth-order valence-corrected chi connectivity index (χ4v) is 2.16. The van der Waals surface area contributed by atoms with Gasteiger partial charge in [0.05, 0.1) is 12.8 Å². The van der Waals surface area contributed by atoms with E-state index in [9.17, 15) is 0 Å². The number of nitrogens with one attached hydrogen (secondary N) is 1. The molecule has 3 nitrogen and oxygen atoms in total. The van der Waals surface area contributed by atoms with Gasteiger partial charge in [-0.2, -0.15) is 0 Å². The zero-order valence-electron chi connectivity index (χ0n) is 9.62. The van der Waals surface area contributed by atoms with E-state index in [4.69, 9.17) is 4.42 Å². The summed E-state index contributed by atoms with van der Waals surface area (Å²) < 4.78 is 5.44. The first kappa shape index (κ1) is 10.7. The third-order valence-electron chi connectivity index (χ3n) is 3.08. The summed E-state index contributed by atoms with van der Waals surface area (Å²) in [5.41, 5.74) is 1.25. The molecule has 15 heavy (non-hydrogen) atoms. The van der Waals surface area contributed by atoms with E-state index in [2.05, 4.69) is 24.2 Å². The lowest BCUT2D eigenvalue weighted by atomic mass is 10.2. The predicted molar refractivity (Wildman–Crippen MR) is 60.8 cm³/mol. The molecular weight excluding hydrogens is 188 g/mol. The minimum absolute atomic E-state index is 0.672. The molecule has 0 aromatic carbocycles. The van der Waals surface area contributed by atoms with Crippen molar-refractivity contribution >= 4 is 0 Å². The van der Waals surface area contributed by atoms with Crippen molar-refractivity contribution in [2.75, 3.05) is 20.1 Å². The summed E-state index contributed by atoms with van der Waals surface area (Å²) >= 11 is 0. The van der Waals surface area contributed by atoms with Gasteiger partial charge in [-0.15, -0.1) is 0 Å². The van der Waals surface area contributed by atoms with Crippen molar-refractivity contribution in [1.82, 2.24) is 10.2 Å². The maximum absolute atomic E-state index is 5.44. The highest BCUT2D eigenvalue weighted by Crippen LogP contribution is 2.12. The summed E-state index contributed by atoms with van der Waals surface area (Å²) in [6.45, 7) is 5.30. The van der Waals surface area contributed by atoms with Crippen molar-refractivity contribution < 1.29 is 4.42 Å². The Kier molecular flexibility index (Phi) is 3.44. The van der Waals surface area contributed by atoms with Crippen LogP contribution in [0.15, 0.2) is 16.7 Å². The molecule has 2 rings (SSSR count). The molecule has 0 bridgehead atoms. The van der Waals surface area contributed by atoms with Crippen molar-refractivity contribution in [2.45, 2.75) is 32.4 Å². The summed E-state index contributed by atoms with van der Waals surface area (Å²) in [6, 6.07) is 2.70. The molecular formula is C12H20N2O. The third kappa shape index (κ3) is 2.83. The lowest BCUT2D eigenvalue weighted by molar-refractivity contribution is 0.268. The monoisotopic (exact) mass is 208 g/mol. The van der Waals surface area contributed by atoms with E-state index in [0.29, 0.717) is 6.04 Å².